The molecule has 4 heteroatoms. The maximum atomic E-state index is 6.32. The van der Waals surface area contributed by atoms with Crippen LogP contribution in [0.25, 0.3) is 22.0 Å². The average Bonchev–Trinajstić information content (AvgIpc) is 3.15. The van der Waals surface area contributed by atoms with Crippen molar-refractivity contribution in [3.63, 3.8) is 0 Å². The number of aryl methyl sites for hydroxylation is 3. The van der Waals surface area contributed by atoms with Crippen molar-refractivity contribution in [1.82, 2.24) is 4.98 Å². The van der Waals surface area contributed by atoms with Crippen molar-refractivity contribution in [2.75, 3.05) is 19.8 Å². The minimum Gasteiger partial charge on any atom is -0.492 e. The fraction of sp³-hybridized carbons (Fsp3) is 0.348. The van der Waals surface area contributed by atoms with Crippen molar-refractivity contribution in [3.8, 4) is 16.9 Å². The first-order chi connectivity index (χ1) is 13.1. The molecule has 0 atom stereocenters. The topological polar surface area (TPSA) is 40.6 Å². The predicted molar refractivity (Wildman–Crippen MR) is 107 cm³/mol. The molecule has 2 heterocycles. The number of hydrogen-bond donors (Lipinski definition) is 0. The van der Waals surface area contributed by atoms with E-state index in [-0.39, 0.29) is 6.29 Å². The second-order valence-electron chi connectivity index (χ2n) is 7.15. The normalized spacial score (nSPS) is 14.8. The molecule has 1 aliphatic heterocycles. The van der Waals surface area contributed by atoms with Gasteiger partial charge >= 0.3 is 0 Å². The van der Waals surface area contributed by atoms with Gasteiger partial charge < -0.3 is 14.2 Å². The van der Waals surface area contributed by atoms with Gasteiger partial charge in [0, 0.05) is 23.6 Å². The van der Waals surface area contributed by atoms with Crippen molar-refractivity contribution < 1.29 is 14.2 Å². The quantitative estimate of drug-likeness (QED) is 0.642. The Hall–Kier alpha value is -2.43. The summed E-state index contributed by atoms with van der Waals surface area (Å²) in [4.78, 5) is 4.72. The average molecular weight is 363 g/mol. The number of nitrogens with zero attached hydrogens (tertiary/aromatic N) is 1. The first kappa shape index (κ1) is 18.0. The van der Waals surface area contributed by atoms with Crippen LogP contribution in [0.3, 0.4) is 0 Å². The van der Waals surface area contributed by atoms with Crippen LogP contribution in [-0.4, -0.2) is 31.1 Å². The zero-order valence-corrected chi connectivity index (χ0v) is 16.1. The van der Waals surface area contributed by atoms with Gasteiger partial charge in [-0.05, 0) is 43.5 Å². The predicted octanol–water partition coefficient (Wildman–Crippen LogP) is 4.97. The van der Waals surface area contributed by atoms with Gasteiger partial charge in [0.1, 0.15) is 5.75 Å². The number of benzene rings is 2. The molecule has 1 fully saturated rings. The molecule has 1 saturated heterocycles. The highest BCUT2D eigenvalue weighted by Crippen LogP contribution is 2.38. The van der Waals surface area contributed by atoms with E-state index in [4.69, 9.17) is 19.2 Å². The lowest BCUT2D eigenvalue weighted by Crippen LogP contribution is -2.13. The molecule has 0 N–H and O–H groups in total. The van der Waals surface area contributed by atoms with Gasteiger partial charge in [-0.15, -0.1) is 0 Å². The van der Waals surface area contributed by atoms with E-state index in [0.29, 0.717) is 26.2 Å². The van der Waals surface area contributed by atoms with E-state index in [9.17, 15) is 0 Å². The van der Waals surface area contributed by atoms with Crippen LogP contribution < -0.4 is 4.74 Å². The van der Waals surface area contributed by atoms with Gasteiger partial charge in [0.15, 0.2) is 6.29 Å². The highest BCUT2D eigenvalue weighted by atomic mass is 16.7. The summed E-state index contributed by atoms with van der Waals surface area (Å²) in [5.74, 6) is 0.888. The van der Waals surface area contributed by atoms with Crippen LogP contribution in [0.15, 0.2) is 42.6 Å². The Morgan fingerprint density at radius 3 is 2.48 bits per heavy atom. The van der Waals surface area contributed by atoms with E-state index >= 15 is 0 Å². The van der Waals surface area contributed by atoms with Crippen molar-refractivity contribution in [2.24, 2.45) is 0 Å². The third-order valence-electron chi connectivity index (χ3n) is 4.92. The van der Waals surface area contributed by atoms with Crippen LogP contribution in [0.1, 0.15) is 23.1 Å². The van der Waals surface area contributed by atoms with Crippen molar-refractivity contribution in [3.05, 3.63) is 59.3 Å². The zero-order valence-electron chi connectivity index (χ0n) is 16.1. The van der Waals surface area contributed by atoms with Gasteiger partial charge in [0.05, 0.1) is 25.3 Å². The van der Waals surface area contributed by atoms with Gasteiger partial charge in [0.25, 0.3) is 0 Å². The van der Waals surface area contributed by atoms with Gasteiger partial charge in [-0.1, -0.05) is 35.9 Å². The molecular weight excluding hydrogens is 338 g/mol. The van der Waals surface area contributed by atoms with E-state index in [0.717, 1.165) is 27.8 Å². The highest BCUT2D eigenvalue weighted by molar-refractivity contribution is 5.94. The van der Waals surface area contributed by atoms with E-state index in [1.54, 1.807) is 0 Å². The summed E-state index contributed by atoms with van der Waals surface area (Å²) in [5, 5.41) is 1.08. The molecule has 1 aromatic heterocycles. The highest BCUT2D eigenvalue weighted by Gasteiger charge is 2.18. The second-order valence-corrected chi connectivity index (χ2v) is 7.15. The SMILES string of the molecule is Cc1ccc(-c2cnc3cc(C)cc(C)c3c2OCCC2OCCO2)cc1. The molecule has 0 amide bonds. The lowest BCUT2D eigenvalue weighted by Gasteiger charge is -2.17. The molecule has 0 spiro atoms. The number of rotatable bonds is 5. The van der Waals surface area contributed by atoms with Gasteiger partial charge in [-0.25, -0.2) is 0 Å². The molecular formula is C23H25NO3. The molecule has 0 unspecified atom stereocenters. The molecule has 4 nitrogen and oxygen atoms in total. The van der Waals surface area contributed by atoms with Gasteiger partial charge in [0.2, 0.25) is 0 Å². The zero-order chi connectivity index (χ0) is 18.8. The molecule has 140 valence electrons. The number of pyridine rings is 1. The number of hydrogen-bond acceptors (Lipinski definition) is 4. The minimum absolute atomic E-state index is 0.163. The molecule has 4 rings (SSSR count). The van der Waals surface area contributed by atoms with Crippen LogP contribution in [0.4, 0.5) is 0 Å². The first-order valence-electron chi connectivity index (χ1n) is 9.45. The fourth-order valence-corrected chi connectivity index (χ4v) is 3.59. The van der Waals surface area contributed by atoms with Crippen LogP contribution in [0.2, 0.25) is 0 Å². The number of fused-ring (bicyclic) bond motifs is 1. The van der Waals surface area contributed by atoms with Crippen LogP contribution in [0.5, 0.6) is 5.75 Å². The summed E-state index contributed by atoms with van der Waals surface area (Å²) in [6, 6.07) is 12.8. The van der Waals surface area contributed by atoms with E-state index in [1.165, 1.54) is 16.7 Å². The smallest absolute Gasteiger partial charge is 0.161 e. The van der Waals surface area contributed by atoms with Crippen molar-refractivity contribution in [2.45, 2.75) is 33.5 Å². The monoisotopic (exact) mass is 363 g/mol. The Bertz CT molecular complexity index is 944. The molecule has 0 bridgehead atoms. The fourth-order valence-electron chi connectivity index (χ4n) is 3.59. The molecule has 1 aliphatic rings. The van der Waals surface area contributed by atoms with E-state index < -0.39 is 0 Å². The Morgan fingerprint density at radius 2 is 1.74 bits per heavy atom. The van der Waals surface area contributed by atoms with Crippen molar-refractivity contribution >= 4 is 10.9 Å². The lowest BCUT2D eigenvalue weighted by atomic mass is 9.99. The van der Waals surface area contributed by atoms with E-state index in [2.05, 4.69) is 57.2 Å². The standard InChI is InChI=1S/C23H25NO3/c1-15-4-6-18(7-5-15)19-14-24-20-13-16(2)12-17(3)22(20)23(19)27-9-8-21-25-10-11-26-21/h4-7,12-14,21H,8-11H2,1-3H3. The minimum atomic E-state index is -0.163. The Balaban J connectivity index is 1.75. The van der Waals surface area contributed by atoms with E-state index in [1.807, 2.05) is 6.20 Å². The summed E-state index contributed by atoms with van der Waals surface area (Å²) >= 11 is 0. The molecule has 27 heavy (non-hydrogen) atoms. The summed E-state index contributed by atoms with van der Waals surface area (Å²) in [5.41, 5.74) is 6.70. The summed E-state index contributed by atoms with van der Waals surface area (Å²) < 4.78 is 17.4. The van der Waals surface area contributed by atoms with Gasteiger partial charge in [-0.3, -0.25) is 4.98 Å². The Morgan fingerprint density at radius 1 is 1.00 bits per heavy atom. The number of ether oxygens (including phenoxy) is 3. The summed E-state index contributed by atoms with van der Waals surface area (Å²) in [7, 11) is 0. The first-order valence-corrected chi connectivity index (χ1v) is 9.45. The Kier molecular flexibility index (Phi) is 5.10. The van der Waals surface area contributed by atoms with Crippen LogP contribution >= 0.6 is 0 Å². The Labute approximate surface area is 160 Å². The molecule has 3 aromatic rings. The molecule has 0 saturated carbocycles. The van der Waals surface area contributed by atoms with Crippen LogP contribution in [-0.2, 0) is 9.47 Å². The molecule has 0 radical (unpaired) electrons. The maximum Gasteiger partial charge on any atom is 0.161 e. The summed E-state index contributed by atoms with van der Waals surface area (Å²) in [6.45, 7) is 8.17. The largest absolute Gasteiger partial charge is 0.492 e. The third-order valence-corrected chi connectivity index (χ3v) is 4.92. The molecule has 0 aliphatic carbocycles. The lowest BCUT2D eigenvalue weighted by molar-refractivity contribution is -0.0530. The maximum absolute atomic E-state index is 6.32. The number of aromatic nitrogens is 1. The molecule has 2 aromatic carbocycles. The van der Waals surface area contributed by atoms with Crippen LogP contribution in [0, 0.1) is 20.8 Å². The second kappa shape index (κ2) is 7.67. The third kappa shape index (κ3) is 3.82. The van der Waals surface area contributed by atoms with Crippen molar-refractivity contribution in [1.29, 1.82) is 0 Å². The van der Waals surface area contributed by atoms with Gasteiger partial charge in [-0.2, -0.15) is 0 Å². The summed E-state index contributed by atoms with van der Waals surface area (Å²) in [6.07, 6.45) is 2.47.